The van der Waals surface area contributed by atoms with E-state index in [1.807, 2.05) is 47.0 Å². The molecule has 2 heterocycles. The van der Waals surface area contributed by atoms with Crippen molar-refractivity contribution in [2.75, 3.05) is 6.26 Å². The minimum Gasteiger partial charge on any atom is -0.489 e. The van der Waals surface area contributed by atoms with Crippen LogP contribution in [0.3, 0.4) is 0 Å². The van der Waals surface area contributed by atoms with Crippen LogP contribution in [0.1, 0.15) is 18.2 Å². The Balaban J connectivity index is 1.57. The fourth-order valence-corrected chi connectivity index (χ4v) is 4.22. The van der Waals surface area contributed by atoms with E-state index in [1.165, 1.54) is 6.26 Å². The highest BCUT2D eigenvalue weighted by Gasteiger charge is 2.14. The van der Waals surface area contributed by atoms with Gasteiger partial charge < -0.3 is 4.74 Å². The van der Waals surface area contributed by atoms with Crippen LogP contribution in [0.25, 0.3) is 16.9 Å². The van der Waals surface area contributed by atoms with E-state index in [4.69, 9.17) is 21.3 Å². The normalized spacial score (nSPS) is 11.7. The zero-order valence-electron chi connectivity index (χ0n) is 16.7. The number of fused-ring (bicyclic) bond motifs is 1. The van der Waals surface area contributed by atoms with Crippen LogP contribution in [-0.2, 0) is 22.9 Å². The van der Waals surface area contributed by atoms with Crippen molar-refractivity contribution in [2.24, 2.45) is 0 Å². The van der Waals surface area contributed by atoms with Crippen LogP contribution in [0.2, 0.25) is 5.02 Å². The standard InChI is InChI=1S/C23H21ClN2O3S/c1-3-21-22(26-13-5-8-20(24)23(26)25-21)17-11-9-16(10-12-17)15-29-18-6-4-7-19(14-18)30(2,27)28/h4-14H,3,15H2,1-2H3. The molecule has 0 bridgehead atoms. The van der Waals surface area contributed by atoms with Crippen LogP contribution >= 0.6 is 11.6 Å². The van der Waals surface area contributed by atoms with E-state index in [-0.39, 0.29) is 4.90 Å². The fourth-order valence-electron chi connectivity index (χ4n) is 3.35. The van der Waals surface area contributed by atoms with E-state index in [9.17, 15) is 8.42 Å². The number of aryl methyl sites for hydroxylation is 1. The van der Waals surface area contributed by atoms with E-state index in [0.717, 1.165) is 34.6 Å². The number of pyridine rings is 1. The summed E-state index contributed by atoms with van der Waals surface area (Å²) < 4.78 is 31.2. The van der Waals surface area contributed by atoms with Gasteiger partial charge in [0.15, 0.2) is 15.5 Å². The van der Waals surface area contributed by atoms with Crippen LogP contribution < -0.4 is 4.74 Å². The van der Waals surface area contributed by atoms with Crippen molar-refractivity contribution in [1.82, 2.24) is 9.38 Å². The molecule has 0 radical (unpaired) electrons. The number of hydrogen-bond donors (Lipinski definition) is 0. The first-order valence-corrected chi connectivity index (χ1v) is 11.8. The van der Waals surface area contributed by atoms with Crippen molar-refractivity contribution < 1.29 is 13.2 Å². The van der Waals surface area contributed by atoms with Crippen LogP contribution in [0.4, 0.5) is 0 Å². The van der Waals surface area contributed by atoms with Crippen molar-refractivity contribution in [1.29, 1.82) is 0 Å². The van der Waals surface area contributed by atoms with Crippen molar-refractivity contribution >= 4 is 27.1 Å². The van der Waals surface area contributed by atoms with E-state index in [0.29, 0.717) is 17.4 Å². The molecule has 2 aromatic carbocycles. The van der Waals surface area contributed by atoms with Gasteiger partial charge in [0.1, 0.15) is 12.4 Å². The molecule has 5 nitrogen and oxygen atoms in total. The van der Waals surface area contributed by atoms with E-state index in [2.05, 4.69) is 6.92 Å². The highest BCUT2D eigenvalue weighted by atomic mass is 35.5. The number of nitrogens with zero attached hydrogens (tertiary/aromatic N) is 2. The lowest BCUT2D eigenvalue weighted by Gasteiger charge is -2.09. The third kappa shape index (κ3) is 4.06. The van der Waals surface area contributed by atoms with Gasteiger partial charge in [-0.15, -0.1) is 0 Å². The number of rotatable bonds is 6. The van der Waals surface area contributed by atoms with E-state index >= 15 is 0 Å². The molecule has 0 aliphatic rings. The molecule has 0 aliphatic carbocycles. The SMILES string of the molecule is CCc1nc2c(Cl)cccn2c1-c1ccc(COc2cccc(S(C)(=O)=O)c2)cc1. The van der Waals surface area contributed by atoms with Crippen molar-refractivity contribution in [2.45, 2.75) is 24.8 Å². The zero-order chi connectivity index (χ0) is 21.3. The topological polar surface area (TPSA) is 60.7 Å². The van der Waals surface area contributed by atoms with Gasteiger partial charge in [-0.3, -0.25) is 4.40 Å². The number of imidazole rings is 1. The smallest absolute Gasteiger partial charge is 0.175 e. The molecule has 0 atom stereocenters. The van der Waals surface area contributed by atoms with Crippen LogP contribution in [0, 0.1) is 0 Å². The summed E-state index contributed by atoms with van der Waals surface area (Å²) in [4.78, 5) is 4.93. The lowest BCUT2D eigenvalue weighted by Crippen LogP contribution is -1.99. The van der Waals surface area contributed by atoms with Gasteiger partial charge in [0.05, 0.1) is 21.3 Å². The van der Waals surface area contributed by atoms with Crippen LogP contribution in [0.15, 0.2) is 71.8 Å². The van der Waals surface area contributed by atoms with Gasteiger partial charge in [0.2, 0.25) is 0 Å². The molecular weight excluding hydrogens is 420 g/mol. The molecule has 2 aromatic heterocycles. The summed E-state index contributed by atoms with van der Waals surface area (Å²) in [5.74, 6) is 0.520. The summed E-state index contributed by atoms with van der Waals surface area (Å²) in [5, 5.41) is 0.625. The Labute approximate surface area is 180 Å². The lowest BCUT2D eigenvalue weighted by molar-refractivity contribution is 0.305. The highest BCUT2D eigenvalue weighted by Crippen LogP contribution is 2.29. The Morgan fingerprint density at radius 3 is 2.53 bits per heavy atom. The van der Waals surface area contributed by atoms with Crippen LogP contribution in [-0.4, -0.2) is 24.1 Å². The molecule has 0 spiro atoms. The number of ether oxygens (including phenoxy) is 1. The number of hydrogen-bond acceptors (Lipinski definition) is 4. The Hall–Kier alpha value is -2.83. The summed E-state index contributed by atoms with van der Waals surface area (Å²) in [6.07, 6.45) is 3.95. The molecular formula is C23H21ClN2O3S. The molecule has 7 heteroatoms. The van der Waals surface area contributed by atoms with Gasteiger partial charge in [-0.2, -0.15) is 0 Å². The number of sulfone groups is 1. The maximum atomic E-state index is 11.7. The first-order valence-electron chi connectivity index (χ1n) is 9.54. The Kier molecular flexibility index (Phi) is 5.54. The summed E-state index contributed by atoms with van der Waals surface area (Å²) in [6.45, 7) is 2.42. The largest absolute Gasteiger partial charge is 0.489 e. The number of benzene rings is 2. The number of aromatic nitrogens is 2. The summed E-state index contributed by atoms with van der Waals surface area (Å²) in [5.41, 5.74) is 4.80. The van der Waals surface area contributed by atoms with Gasteiger partial charge >= 0.3 is 0 Å². The Bertz CT molecular complexity index is 1310. The van der Waals surface area contributed by atoms with Gasteiger partial charge in [0.25, 0.3) is 0 Å². The summed E-state index contributed by atoms with van der Waals surface area (Å²) in [6, 6.07) is 18.3. The Morgan fingerprint density at radius 1 is 1.07 bits per heavy atom. The highest BCUT2D eigenvalue weighted by molar-refractivity contribution is 7.90. The second-order valence-electron chi connectivity index (χ2n) is 7.04. The number of halogens is 1. The molecule has 0 amide bonds. The molecule has 0 fully saturated rings. The zero-order valence-corrected chi connectivity index (χ0v) is 18.2. The quantitative estimate of drug-likeness (QED) is 0.413. The van der Waals surface area contributed by atoms with Gasteiger partial charge in [-0.1, -0.05) is 48.9 Å². The second kappa shape index (κ2) is 8.13. The third-order valence-corrected chi connectivity index (χ3v) is 6.28. The minimum absolute atomic E-state index is 0.244. The molecule has 0 N–H and O–H groups in total. The first-order chi connectivity index (χ1) is 14.4. The molecule has 0 aliphatic heterocycles. The minimum atomic E-state index is -3.26. The van der Waals surface area contributed by atoms with Crippen LogP contribution in [0.5, 0.6) is 5.75 Å². The van der Waals surface area contributed by atoms with Gasteiger partial charge in [0, 0.05) is 18.0 Å². The fraction of sp³-hybridized carbons (Fsp3) is 0.174. The van der Waals surface area contributed by atoms with Crippen molar-refractivity contribution in [3.63, 3.8) is 0 Å². The predicted molar refractivity (Wildman–Crippen MR) is 119 cm³/mol. The average molecular weight is 441 g/mol. The molecule has 154 valence electrons. The second-order valence-corrected chi connectivity index (χ2v) is 9.47. The van der Waals surface area contributed by atoms with Gasteiger partial charge in [-0.25, -0.2) is 13.4 Å². The molecule has 4 aromatic rings. The lowest BCUT2D eigenvalue weighted by atomic mass is 10.1. The molecule has 0 saturated heterocycles. The predicted octanol–water partition coefficient (Wildman–Crippen LogP) is 5.20. The molecule has 30 heavy (non-hydrogen) atoms. The summed E-state index contributed by atoms with van der Waals surface area (Å²) >= 11 is 6.31. The third-order valence-electron chi connectivity index (χ3n) is 4.88. The molecule has 4 rings (SSSR count). The molecule has 0 unspecified atom stereocenters. The monoisotopic (exact) mass is 440 g/mol. The maximum Gasteiger partial charge on any atom is 0.175 e. The van der Waals surface area contributed by atoms with Gasteiger partial charge in [-0.05, 0) is 42.3 Å². The Morgan fingerprint density at radius 2 is 1.83 bits per heavy atom. The van der Waals surface area contributed by atoms with E-state index < -0.39 is 9.84 Å². The maximum absolute atomic E-state index is 11.7. The van der Waals surface area contributed by atoms with Crippen molar-refractivity contribution in [3.05, 3.63) is 83.1 Å². The molecule has 0 saturated carbocycles. The van der Waals surface area contributed by atoms with E-state index in [1.54, 1.807) is 24.3 Å². The summed E-state index contributed by atoms with van der Waals surface area (Å²) in [7, 11) is -3.26. The van der Waals surface area contributed by atoms with Crippen molar-refractivity contribution in [3.8, 4) is 17.0 Å². The first kappa shape index (κ1) is 20.4. The average Bonchev–Trinajstić information content (AvgIpc) is 3.12.